The summed E-state index contributed by atoms with van der Waals surface area (Å²) in [6.45, 7) is 4.20. The van der Waals surface area contributed by atoms with E-state index in [0.717, 1.165) is 34.5 Å². The molecule has 1 aliphatic carbocycles. The Morgan fingerprint density at radius 3 is 2.42 bits per heavy atom. The lowest BCUT2D eigenvalue weighted by Gasteiger charge is -2.35. The van der Waals surface area contributed by atoms with Crippen LogP contribution in [0.3, 0.4) is 0 Å². The predicted octanol–water partition coefficient (Wildman–Crippen LogP) is 4.79. The zero-order valence-electron chi connectivity index (χ0n) is 20.1. The van der Waals surface area contributed by atoms with E-state index in [9.17, 15) is 12.8 Å². The summed E-state index contributed by atoms with van der Waals surface area (Å²) in [5.41, 5.74) is 5.29. The van der Waals surface area contributed by atoms with Crippen molar-refractivity contribution < 1.29 is 12.8 Å². The molecule has 6 rings (SSSR count). The van der Waals surface area contributed by atoms with E-state index < -0.39 is 10.2 Å². The molecule has 2 aliphatic heterocycles. The number of hydrogen-bond donors (Lipinski definition) is 2. The molecule has 3 atom stereocenters. The number of halogens is 1. The van der Waals surface area contributed by atoms with Crippen LogP contribution in [0.1, 0.15) is 34.6 Å². The molecule has 2 N–H and O–H groups in total. The summed E-state index contributed by atoms with van der Waals surface area (Å²) in [5, 5.41) is 11.4. The topological polar surface area (TPSA) is 76.5 Å². The van der Waals surface area contributed by atoms with Crippen LogP contribution in [0.2, 0.25) is 0 Å². The Morgan fingerprint density at radius 2 is 1.78 bits per heavy atom. The van der Waals surface area contributed by atoms with Gasteiger partial charge in [-0.05, 0) is 72.4 Å². The summed E-state index contributed by atoms with van der Waals surface area (Å²) in [6.07, 6.45) is 2.24. The molecule has 3 aromatic rings. The summed E-state index contributed by atoms with van der Waals surface area (Å²) >= 11 is 0. The van der Waals surface area contributed by atoms with Gasteiger partial charge >= 0.3 is 0 Å². The van der Waals surface area contributed by atoms with E-state index in [0.29, 0.717) is 26.2 Å². The van der Waals surface area contributed by atoms with Gasteiger partial charge in [-0.3, -0.25) is 0 Å². The Labute approximate surface area is 211 Å². The second-order valence-electron chi connectivity index (χ2n) is 10.1. The molecule has 1 saturated carbocycles. The average molecular weight is 505 g/mol. The molecule has 3 aliphatic rings. The van der Waals surface area contributed by atoms with Gasteiger partial charge in [0.1, 0.15) is 5.82 Å². The van der Waals surface area contributed by atoms with Crippen molar-refractivity contribution >= 4 is 27.8 Å². The van der Waals surface area contributed by atoms with E-state index in [4.69, 9.17) is 5.41 Å². The van der Waals surface area contributed by atoms with Gasteiger partial charge in [-0.1, -0.05) is 30.3 Å². The van der Waals surface area contributed by atoms with Crippen LogP contribution in [0, 0.1) is 24.1 Å². The molecule has 8 heteroatoms. The van der Waals surface area contributed by atoms with Gasteiger partial charge < -0.3 is 10.7 Å². The summed E-state index contributed by atoms with van der Waals surface area (Å²) in [6, 6.07) is 20.6. The van der Waals surface area contributed by atoms with E-state index in [1.165, 1.54) is 23.9 Å². The lowest BCUT2D eigenvalue weighted by atomic mass is 9.86. The molecule has 0 spiro atoms. The third-order valence-electron chi connectivity index (χ3n) is 8.15. The lowest BCUT2D eigenvalue weighted by Crippen LogP contribution is -2.50. The minimum absolute atomic E-state index is 0.184. The standard InChI is InChI=1S/C28H29FN4O2S/c1-19-14-26(31-23-10-8-22(29)9-11-23)21(16-30)15-24(19)28-18-33(36(34,35)32-12-5-13-32)17-25(28)27(28)20-6-3-2-4-7-20/h2-4,6-11,14-16,25,27,30-31H,5,12-13,17-18H2,1H3/t25-,27-,28+/m0/s1. The third-order valence-corrected chi connectivity index (χ3v) is 10.1. The first-order chi connectivity index (χ1) is 17.3. The monoisotopic (exact) mass is 504 g/mol. The Morgan fingerprint density at radius 1 is 1.06 bits per heavy atom. The highest BCUT2D eigenvalue weighted by molar-refractivity contribution is 7.86. The molecule has 0 bridgehead atoms. The van der Waals surface area contributed by atoms with E-state index in [-0.39, 0.29) is 23.1 Å². The maximum atomic E-state index is 13.4. The van der Waals surface area contributed by atoms with Gasteiger partial charge in [0.05, 0.1) is 0 Å². The number of rotatable bonds is 7. The second-order valence-corrected chi connectivity index (χ2v) is 12.0. The fraction of sp³-hybridized carbons (Fsp3) is 0.321. The van der Waals surface area contributed by atoms with Gasteiger partial charge in [-0.15, -0.1) is 0 Å². The predicted molar refractivity (Wildman–Crippen MR) is 140 cm³/mol. The van der Waals surface area contributed by atoms with Gasteiger partial charge in [0, 0.05) is 60.7 Å². The highest BCUT2D eigenvalue weighted by Gasteiger charge is 2.72. The number of anilines is 2. The molecule has 2 heterocycles. The molecule has 3 fully saturated rings. The number of nitrogens with one attached hydrogen (secondary N) is 2. The van der Waals surface area contributed by atoms with Crippen LogP contribution in [0.4, 0.5) is 15.8 Å². The van der Waals surface area contributed by atoms with Crippen molar-refractivity contribution in [2.45, 2.75) is 24.7 Å². The molecule has 186 valence electrons. The van der Waals surface area contributed by atoms with E-state index in [1.54, 1.807) is 20.7 Å². The number of nitrogens with zero attached hydrogens (tertiary/aromatic N) is 2. The first-order valence-corrected chi connectivity index (χ1v) is 13.7. The summed E-state index contributed by atoms with van der Waals surface area (Å²) < 4.78 is 43.1. The molecule has 36 heavy (non-hydrogen) atoms. The van der Waals surface area contributed by atoms with Crippen LogP contribution in [-0.2, 0) is 15.6 Å². The van der Waals surface area contributed by atoms with Crippen LogP contribution >= 0.6 is 0 Å². The van der Waals surface area contributed by atoms with Crippen molar-refractivity contribution in [1.29, 1.82) is 5.41 Å². The minimum atomic E-state index is -3.46. The maximum Gasteiger partial charge on any atom is 0.282 e. The van der Waals surface area contributed by atoms with Gasteiger partial charge in [-0.25, -0.2) is 4.39 Å². The molecule has 6 nitrogen and oxygen atoms in total. The van der Waals surface area contributed by atoms with Crippen LogP contribution in [0.5, 0.6) is 0 Å². The number of piperidine rings is 1. The largest absolute Gasteiger partial charge is 0.355 e. The Bertz CT molecular complexity index is 1420. The van der Waals surface area contributed by atoms with Crippen LogP contribution in [0.15, 0.2) is 66.7 Å². The molecule has 0 amide bonds. The van der Waals surface area contributed by atoms with E-state index >= 15 is 0 Å². The Balaban J connectivity index is 1.39. The SMILES string of the molecule is Cc1cc(Nc2ccc(F)cc2)c(C=N)cc1[C@]12CN(S(=O)(=O)N3CCC3)C[C@H]1[C@@H]2c1ccccc1. The van der Waals surface area contributed by atoms with Crippen molar-refractivity contribution in [3.63, 3.8) is 0 Å². The van der Waals surface area contributed by atoms with Gasteiger partial charge in [0.25, 0.3) is 10.2 Å². The van der Waals surface area contributed by atoms with Crippen LogP contribution < -0.4 is 5.32 Å². The number of aryl methyl sites for hydroxylation is 1. The van der Waals surface area contributed by atoms with Gasteiger partial charge in [0.15, 0.2) is 0 Å². The smallest absolute Gasteiger partial charge is 0.282 e. The number of fused-ring (bicyclic) bond motifs is 1. The second kappa shape index (κ2) is 8.50. The zero-order valence-corrected chi connectivity index (χ0v) is 20.9. The summed E-state index contributed by atoms with van der Waals surface area (Å²) in [5.74, 6) is 0.114. The molecule has 0 aromatic heterocycles. The molecule has 0 unspecified atom stereocenters. The normalized spacial score (nSPS) is 25.7. The molecular formula is C28H29FN4O2S. The van der Waals surface area contributed by atoms with Crippen LogP contribution in [-0.4, -0.2) is 49.4 Å². The van der Waals surface area contributed by atoms with Crippen molar-refractivity contribution in [3.8, 4) is 0 Å². The van der Waals surface area contributed by atoms with Crippen molar-refractivity contribution in [2.75, 3.05) is 31.5 Å². The first kappa shape index (κ1) is 23.3. The van der Waals surface area contributed by atoms with Gasteiger partial charge in [-0.2, -0.15) is 17.0 Å². The quantitative estimate of drug-likeness (QED) is 0.454. The molecule has 0 radical (unpaired) electrons. The molecule has 2 saturated heterocycles. The van der Waals surface area contributed by atoms with Crippen LogP contribution in [0.25, 0.3) is 0 Å². The Kier molecular flexibility index (Phi) is 5.51. The summed E-state index contributed by atoms with van der Waals surface area (Å²) in [4.78, 5) is 0. The van der Waals surface area contributed by atoms with E-state index in [2.05, 4.69) is 24.4 Å². The third kappa shape index (κ3) is 3.58. The highest BCUT2D eigenvalue weighted by atomic mass is 32.2. The summed E-state index contributed by atoms with van der Waals surface area (Å²) in [7, 11) is -3.46. The highest BCUT2D eigenvalue weighted by Crippen LogP contribution is 2.70. The van der Waals surface area contributed by atoms with Crippen molar-refractivity contribution in [1.82, 2.24) is 8.61 Å². The average Bonchev–Trinajstić information content (AvgIpc) is 3.28. The first-order valence-electron chi connectivity index (χ1n) is 12.3. The minimum Gasteiger partial charge on any atom is -0.355 e. The Hall–Kier alpha value is -3.07. The number of hydrogen-bond acceptors (Lipinski definition) is 4. The van der Waals surface area contributed by atoms with Crippen molar-refractivity contribution in [2.24, 2.45) is 5.92 Å². The number of benzene rings is 3. The maximum absolute atomic E-state index is 13.4. The molecular weight excluding hydrogens is 475 g/mol. The van der Waals surface area contributed by atoms with Gasteiger partial charge in [0.2, 0.25) is 0 Å². The zero-order chi connectivity index (χ0) is 25.1. The lowest BCUT2D eigenvalue weighted by molar-refractivity contribution is 0.275. The van der Waals surface area contributed by atoms with Crippen molar-refractivity contribution in [3.05, 3.63) is 94.8 Å². The van der Waals surface area contributed by atoms with E-state index in [1.807, 2.05) is 30.3 Å². The fourth-order valence-electron chi connectivity index (χ4n) is 6.22. The fourth-order valence-corrected chi connectivity index (χ4v) is 7.99. The molecule has 3 aromatic carbocycles.